The van der Waals surface area contributed by atoms with E-state index in [4.69, 9.17) is 0 Å². The lowest BCUT2D eigenvalue weighted by molar-refractivity contribution is -0.119. The van der Waals surface area contributed by atoms with Crippen molar-refractivity contribution in [2.24, 2.45) is 7.05 Å². The molecule has 26 heavy (non-hydrogen) atoms. The van der Waals surface area contributed by atoms with Crippen LogP contribution in [-0.2, 0) is 23.3 Å². The summed E-state index contributed by atoms with van der Waals surface area (Å²) in [6.07, 6.45) is 4.60. The smallest absolute Gasteiger partial charge is 0.230 e. The van der Waals surface area contributed by atoms with Crippen LogP contribution in [0.2, 0.25) is 0 Å². The van der Waals surface area contributed by atoms with Crippen LogP contribution in [0.15, 0.2) is 29.4 Å². The summed E-state index contributed by atoms with van der Waals surface area (Å²) in [4.78, 5) is 12.0. The molecule has 1 aromatic heterocycles. The SMILES string of the molecule is Cn1c(CSCc2ccc(F)cc2)nnc1SCC(=O)NC1CCCC1. The first kappa shape index (κ1) is 19.2. The van der Waals surface area contributed by atoms with Crippen molar-refractivity contribution in [2.45, 2.75) is 48.4 Å². The highest BCUT2D eigenvalue weighted by atomic mass is 32.2. The van der Waals surface area contributed by atoms with Crippen LogP contribution < -0.4 is 5.32 Å². The van der Waals surface area contributed by atoms with Gasteiger partial charge >= 0.3 is 0 Å². The minimum absolute atomic E-state index is 0.0668. The molecular formula is C18H23FN4OS2. The minimum atomic E-state index is -0.217. The number of aromatic nitrogens is 3. The third-order valence-electron chi connectivity index (χ3n) is 4.39. The van der Waals surface area contributed by atoms with E-state index in [-0.39, 0.29) is 11.7 Å². The molecule has 5 nitrogen and oxygen atoms in total. The van der Waals surface area contributed by atoms with Crippen molar-refractivity contribution < 1.29 is 9.18 Å². The number of nitrogens with zero attached hydrogens (tertiary/aromatic N) is 3. The predicted molar refractivity (Wildman–Crippen MR) is 104 cm³/mol. The molecule has 1 saturated carbocycles. The predicted octanol–water partition coefficient (Wildman–Crippen LogP) is 3.54. The lowest BCUT2D eigenvalue weighted by Gasteiger charge is -2.11. The Kier molecular flexibility index (Phi) is 6.96. The highest BCUT2D eigenvalue weighted by Gasteiger charge is 2.18. The molecule has 1 fully saturated rings. The van der Waals surface area contributed by atoms with Crippen molar-refractivity contribution in [3.63, 3.8) is 0 Å². The van der Waals surface area contributed by atoms with Gasteiger partial charge in [-0.05, 0) is 30.5 Å². The van der Waals surface area contributed by atoms with Gasteiger partial charge in [0.25, 0.3) is 0 Å². The zero-order valence-corrected chi connectivity index (χ0v) is 16.4. The number of hydrogen-bond donors (Lipinski definition) is 1. The van der Waals surface area contributed by atoms with E-state index in [0.29, 0.717) is 11.8 Å². The van der Waals surface area contributed by atoms with Crippen LogP contribution in [0, 0.1) is 5.82 Å². The monoisotopic (exact) mass is 394 g/mol. The Hall–Kier alpha value is -1.54. The van der Waals surface area contributed by atoms with Gasteiger partial charge in [0.15, 0.2) is 5.16 Å². The van der Waals surface area contributed by atoms with Crippen molar-refractivity contribution in [1.82, 2.24) is 20.1 Å². The number of thioether (sulfide) groups is 2. The number of benzene rings is 1. The fourth-order valence-electron chi connectivity index (χ4n) is 2.91. The fourth-order valence-corrected chi connectivity index (χ4v) is 4.61. The zero-order chi connectivity index (χ0) is 18.4. The van der Waals surface area contributed by atoms with Crippen molar-refractivity contribution in [1.29, 1.82) is 0 Å². The number of carbonyl (C=O) groups is 1. The molecular weight excluding hydrogens is 371 g/mol. The van der Waals surface area contributed by atoms with Crippen molar-refractivity contribution in [2.75, 3.05) is 5.75 Å². The summed E-state index contributed by atoms with van der Waals surface area (Å²) in [5, 5.41) is 12.2. The molecule has 2 aromatic rings. The van der Waals surface area contributed by atoms with Gasteiger partial charge in [-0.2, -0.15) is 0 Å². The number of rotatable bonds is 8. The first-order valence-corrected chi connectivity index (χ1v) is 10.9. The second-order valence-corrected chi connectivity index (χ2v) is 8.34. The standard InChI is InChI=1S/C18H23FN4OS2/c1-23-16(11-25-10-13-6-8-14(19)9-7-13)21-22-18(23)26-12-17(24)20-15-4-2-3-5-15/h6-9,15H,2-5,10-12H2,1H3,(H,20,24). The maximum atomic E-state index is 12.9. The Balaban J connectivity index is 1.43. The van der Waals surface area contributed by atoms with Gasteiger partial charge < -0.3 is 9.88 Å². The third-order valence-corrected chi connectivity index (χ3v) is 6.41. The molecule has 3 rings (SSSR count). The molecule has 0 aliphatic heterocycles. The summed E-state index contributed by atoms with van der Waals surface area (Å²) in [6, 6.07) is 6.89. The lowest BCUT2D eigenvalue weighted by atomic mass is 10.2. The van der Waals surface area contributed by atoms with E-state index in [0.717, 1.165) is 40.9 Å². The molecule has 1 amide bonds. The molecule has 0 atom stereocenters. The van der Waals surface area contributed by atoms with Crippen molar-refractivity contribution in [3.8, 4) is 0 Å². The van der Waals surface area contributed by atoms with Gasteiger partial charge in [-0.15, -0.1) is 22.0 Å². The van der Waals surface area contributed by atoms with E-state index in [2.05, 4.69) is 15.5 Å². The van der Waals surface area contributed by atoms with Crippen molar-refractivity contribution >= 4 is 29.4 Å². The van der Waals surface area contributed by atoms with Crippen LogP contribution in [0.25, 0.3) is 0 Å². The molecule has 1 N–H and O–H groups in total. The van der Waals surface area contributed by atoms with Crippen molar-refractivity contribution in [3.05, 3.63) is 41.5 Å². The van der Waals surface area contributed by atoms with Crippen LogP contribution in [-0.4, -0.2) is 32.5 Å². The molecule has 8 heteroatoms. The molecule has 1 aliphatic rings. The molecule has 0 saturated heterocycles. The first-order valence-electron chi connectivity index (χ1n) is 8.74. The molecule has 140 valence electrons. The highest BCUT2D eigenvalue weighted by Crippen LogP contribution is 2.21. The number of nitrogens with one attached hydrogen (secondary N) is 1. The molecule has 1 aliphatic carbocycles. The van der Waals surface area contributed by atoms with Crippen LogP contribution in [0.4, 0.5) is 4.39 Å². The van der Waals surface area contributed by atoms with Gasteiger partial charge in [-0.1, -0.05) is 36.7 Å². The van der Waals surface area contributed by atoms with Gasteiger partial charge in [0, 0.05) is 18.8 Å². The molecule has 0 unspecified atom stereocenters. The van der Waals surface area contributed by atoms with Crippen LogP contribution in [0.1, 0.15) is 37.1 Å². The summed E-state index contributed by atoms with van der Waals surface area (Å²) < 4.78 is 14.8. The van der Waals surface area contributed by atoms with Gasteiger partial charge in [0.05, 0.1) is 11.5 Å². The van der Waals surface area contributed by atoms with E-state index in [9.17, 15) is 9.18 Å². The van der Waals surface area contributed by atoms with E-state index in [1.54, 1.807) is 23.9 Å². The Bertz CT molecular complexity index is 729. The number of halogens is 1. The Labute approximate surface area is 161 Å². The molecule has 0 bridgehead atoms. The largest absolute Gasteiger partial charge is 0.353 e. The zero-order valence-electron chi connectivity index (χ0n) is 14.8. The maximum Gasteiger partial charge on any atom is 0.230 e. The summed E-state index contributed by atoms with van der Waals surface area (Å²) in [7, 11) is 1.92. The quantitative estimate of drug-likeness (QED) is 0.694. The Morgan fingerprint density at radius 3 is 2.69 bits per heavy atom. The van der Waals surface area contributed by atoms with Crippen LogP contribution in [0.3, 0.4) is 0 Å². The normalized spacial score (nSPS) is 14.7. The minimum Gasteiger partial charge on any atom is -0.353 e. The fraction of sp³-hybridized carbons (Fsp3) is 0.500. The topological polar surface area (TPSA) is 59.8 Å². The highest BCUT2D eigenvalue weighted by molar-refractivity contribution is 7.99. The van der Waals surface area contributed by atoms with Gasteiger partial charge in [-0.25, -0.2) is 4.39 Å². The second-order valence-electron chi connectivity index (χ2n) is 6.41. The summed E-state index contributed by atoms with van der Waals surface area (Å²) >= 11 is 3.12. The average Bonchev–Trinajstić information content (AvgIpc) is 3.25. The van der Waals surface area contributed by atoms with E-state index in [1.165, 1.54) is 36.7 Å². The van der Waals surface area contributed by atoms with Gasteiger partial charge in [-0.3, -0.25) is 4.79 Å². The number of carbonyl (C=O) groups excluding carboxylic acids is 1. The maximum absolute atomic E-state index is 12.9. The van der Waals surface area contributed by atoms with E-state index < -0.39 is 0 Å². The number of hydrogen-bond acceptors (Lipinski definition) is 5. The molecule has 1 heterocycles. The van der Waals surface area contributed by atoms with Crippen LogP contribution >= 0.6 is 23.5 Å². The first-order chi connectivity index (χ1) is 12.6. The Morgan fingerprint density at radius 1 is 1.23 bits per heavy atom. The van der Waals surface area contributed by atoms with Crippen LogP contribution in [0.5, 0.6) is 0 Å². The van der Waals surface area contributed by atoms with E-state index >= 15 is 0 Å². The van der Waals surface area contributed by atoms with E-state index in [1.807, 2.05) is 11.6 Å². The van der Waals surface area contributed by atoms with Gasteiger partial charge in [0.1, 0.15) is 11.6 Å². The molecule has 0 spiro atoms. The summed E-state index contributed by atoms with van der Waals surface area (Å²) in [5.41, 5.74) is 1.08. The van der Waals surface area contributed by atoms with Gasteiger partial charge in [0.2, 0.25) is 5.91 Å². The molecule has 0 radical (unpaired) electrons. The number of amides is 1. The lowest BCUT2D eigenvalue weighted by Crippen LogP contribution is -2.33. The summed E-state index contributed by atoms with van der Waals surface area (Å²) in [5.74, 6) is 2.60. The Morgan fingerprint density at radius 2 is 1.96 bits per heavy atom. The third kappa shape index (κ3) is 5.48. The second kappa shape index (κ2) is 9.41. The summed E-state index contributed by atoms with van der Waals surface area (Å²) in [6.45, 7) is 0. The average molecular weight is 395 g/mol. The molecule has 1 aromatic carbocycles.